The molecule has 1 aromatic rings. The summed E-state index contributed by atoms with van der Waals surface area (Å²) < 4.78 is 34.2. The minimum Gasteiger partial charge on any atom is -0.493 e. The number of hydrogen-bond acceptors (Lipinski definition) is 4. The van der Waals surface area contributed by atoms with Crippen LogP contribution in [0, 0.1) is 5.92 Å². The van der Waals surface area contributed by atoms with Crippen molar-refractivity contribution in [3.05, 3.63) is 23.8 Å². The summed E-state index contributed by atoms with van der Waals surface area (Å²) in [6, 6.07) is 4.87. The topological polar surface area (TPSA) is 59.6 Å². The van der Waals surface area contributed by atoms with E-state index in [4.69, 9.17) is 4.74 Å². The van der Waals surface area contributed by atoms with E-state index in [9.17, 15) is 13.6 Å². The van der Waals surface area contributed by atoms with E-state index in [1.165, 1.54) is 13.2 Å². The van der Waals surface area contributed by atoms with Crippen LogP contribution >= 0.6 is 12.4 Å². The zero-order valence-corrected chi connectivity index (χ0v) is 15.0. The van der Waals surface area contributed by atoms with Gasteiger partial charge in [0, 0.05) is 13.0 Å². The second kappa shape index (κ2) is 11.1. The Morgan fingerprint density at radius 3 is 2.84 bits per heavy atom. The zero-order chi connectivity index (χ0) is 17.4. The summed E-state index contributed by atoms with van der Waals surface area (Å²) in [4.78, 5) is 11.8. The normalized spacial score (nSPS) is 16.4. The fraction of sp³-hybridized carbons (Fsp3) is 0.588. The maximum atomic E-state index is 12.4. The number of ether oxygens (including phenoxy) is 2. The number of nitrogens with one attached hydrogen (secondary N) is 2. The highest BCUT2D eigenvalue weighted by Gasteiger charge is 2.15. The zero-order valence-electron chi connectivity index (χ0n) is 14.2. The highest BCUT2D eigenvalue weighted by Crippen LogP contribution is 2.29. The Balaban J connectivity index is 0.00000312. The molecule has 0 spiro atoms. The van der Waals surface area contributed by atoms with Crippen molar-refractivity contribution in [2.45, 2.75) is 32.3 Å². The quantitative estimate of drug-likeness (QED) is 0.693. The molecule has 0 saturated carbocycles. The SMILES string of the molecule is COc1ccc(CCNC(=O)CCC2CCNC2)cc1OC(F)F.Cl. The van der Waals surface area contributed by atoms with Gasteiger partial charge in [-0.2, -0.15) is 8.78 Å². The molecule has 0 radical (unpaired) electrons. The fourth-order valence-corrected chi connectivity index (χ4v) is 2.80. The van der Waals surface area contributed by atoms with Crippen molar-refractivity contribution in [1.82, 2.24) is 10.6 Å². The summed E-state index contributed by atoms with van der Waals surface area (Å²) in [5.41, 5.74) is 0.798. The molecule has 1 fully saturated rings. The highest BCUT2D eigenvalue weighted by molar-refractivity contribution is 5.85. The summed E-state index contributed by atoms with van der Waals surface area (Å²) in [6.07, 6.45) is 3.09. The lowest BCUT2D eigenvalue weighted by Crippen LogP contribution is -2.26. The van der Waals surface area contributed by atoms with Gasteiger partial charge in [-0.05, 0) is 56.0 Å². The molecule has 2 N–H and O–H groups in total. The van der Waals surface area contributed by atoms with Crippen molar-refractivity contribution in [3.8, 4) is 11.5 Å². The van der Waals surface area contributed by atoms with Crippen LogP contribution in [-0.2, 0) is 11.2 Å². The average molecular weight is 379 g/mol. The summed E-state index contributed by atoms with van der Waals surface area (Å²) in [5, 5.41) is 6.15. The Morgan fingerprint density at radius 1 is 1.40 bits per heavy atom. The van der Waals surface area contributed by atoms with E-state index in [1.807, 2.05) is 0 Å². The first-order valence-electron chi connectivity index (χ1n) is 8.17. The van der Waals surface area contributed by atoms with Gasteiger partial charge in [0.15, 0.2) is 11.5 Å². The first-order chi connectivity index (χ1) is 11.6. The Labute approximate surface area is 152 Å². The first-order valence-corrected chi connectivity index (χ1v) is 8.17. The maximum absolute atomic E-state index is 12.4. The molecular formula is C17H25ClF2N2O3. The monoisotopic (exact) mass is 378 g/mol. The van der Waals surface area contributed by atoms with E-state index in [0.29, 0.717) is 25.3 Å². The molecule has 1 atom stereocenters. The van der Waals surface area contributed by atoms with Gasteiger partial charge in [0.1, 0.15) is 0 Å². The van der Waals surface area contributed by atoms with Gasteiger partial charge in [-0.1, -0.05) is 6.07 Å². The van der Waals surface area contributed by atoms with Crippen LogP contribution < -0.4 is 20.1 Å². The smallest absolute Gasteiger partial charge is 0.387 e. The number of halogens is 3. The van der Waals surface area contributed by atoms with E-state index < -0.39 is 6.61 Å². The van der Waals surface area contributed by atoms with Crippen LogP contribution in [0.3, 0.4) is 0 Å². The van der Waals surface area contributed by atoms with E-state index in [-0.39, 0.29) is 29.8 Å². The van der Waals surface area contributed by atoms with Crippen molar-refractivity contribution < 1.29 is 23.0 Å². The Morgan fingerprint density at radius 2 is 2.20 bits per heavy atom. The second-order valence-electron chi connectivity index (χ2n) is 5.86. The van der Waals surface area contributed by atoms with Crippen molar-refractivity contribution >= 4 is 18.3 Å². The third-order valence-electron chi connectivity index (χ3n) is 4.12. The summed E-state index contributed by atoms with van der Waals surface area (Å²) in [6.45, 7) is -0.417. The van der Waals surface area contributed by atoms with E-state index in [2.05, 4.69) is 15.4 Å². The van der Waals surface area contributed by atoms with Gasteiger partial charge in [0.05, 0.1) is 7.11 Å². The van der Waals surface area contributed by atoms with E-state index in [1.54, 1.807) is 12.1 Å². The maximum Gasteiger partial charge on any atom is 0.387 e. The van der Waals surface area contributed by atoms with Crippen LogP contribution in [0.5, 0.6) is 11.5 Å². The van der Waals surface area contributed by atoms with Crippen LogP contribution in [0.4, 0.5) is 8.78 Å². The number of carbonyl (C=O) groups excluding carboxylic acids is 1. The van der Waals surface area contributed by atoms with Crippen LogP contribution in [0.25, 0.3) is 0 Å². The molecule has 8 heteroatoms. The summed E-state index contributed by atoms with van der Waals surface area (Å²) >= 11 is 0. The van der Waals surface area contributed by atoms with Crippen molar-refractivity contribution in [1.29, 1.82) is 0 Å². The van der Waals surface area contributed by atoms with Gasteiger partial charge < -0.3 is 20.1 Å². The molecule has 1 saturated heterocycles. The van der Waals surface area contributed by atoms with Gasteiger partial charge in [-0.15, -0.1) is 12.4 Å². The first kappa shape index (κ1) is 21.4. The number of hydrogen-bond donors (Lipinski definition) is 2. The average Bonchev–Trinajstić information content (AvgIpc) is 3.06. The van der Waals surface area contributed by atoms with Crippen molar-refractivity contribution in [3.63, 3.8) is 0 Å². The number of methoxy groups -OCH3 is 1. The van der Waals surface area contributed by atoms with Gasteiger partial charge in [0.2, 0.25) is 5.91 Å². The third-order valence-corrected chi connectivity index (χ3v) is 4.12. The molecule has 1 amide bonds. The summed E-state index contributed by atoms with van der Waals surface area (Å²) in [7, 11) is 1.40. The predicted molar refractivity (Wildman–Crippen MR) is 93.8 cm³/mol. The third kappa shape index (κ3) is 7.44. The number of benzene rings is 1. The van der Waals surface area contributed by atoms with Gasteiger partial charge >= 0.3 is 6.61 Å². The summed E-state index contributed by atoms with van der Waals surface area (Å²) in [5.74, 6) is 0.879. The van der Waals surface area contributed by atoms with Gasteiger partial charge in [-0.25, -0.2) is 0 Å². The Hall–Kier alpha value is -1.60. The number of alkyl halides is 2. The van der Waals surface area contributed by atoms with Crippen molar-refractivity contribution in [2.75, 3.05) is 26.7 Å². The number of amides is 1. The molecule has 0 aromatic heterocycles. The molecule has 5 nitrogen and oxygen atoms in total. The van der Waals surface area contributed by atoms with Crippen LogP contribution in [-0.4, -0.2) is 39.3 Å². The molecule has 1 unspecified atom stereocenters. The lowest BCUT2D eigenvalue weighted by molar-refractivity contribution is -0.121. The number of carbonyl (C=O) groups is 1. The number of rotatable bonds is 9. The lowest BCUT2D eigenvalue weighted by Gasteiger charge is -2.12. The molecule has 1 heterocycles. The van der Waals surface area contributed by atoms with Crippen LogP contribution in [0.15, 0.2) is 18.2 Å². The molecule has 1 aliphatic rings. The standard InChI is InChI=1S/C17H24F2N2O3.ClH/c1-23-14-4-2-12(10-15(14)24-17(18)19)7-9-21-16(22)5-3-13-6-8-20-11-13;/h2,4,10,13,17,20H,3,5-9,11H2,1H3,(H,21,22);1H. The largest absolute Gasteiger partial charge is 0.493 e. The fourth-order valence-electron chi connectivity index (χ4n) is 2.80. The molecule has 25 heavy (non-hydrogen) atoms. The highest BCUT2D eigenvalue weighted by atomic mass is 35.5. The Kier molecular flexibility index (Phi) is 9.52. The Bertz CT molecular complexity index is 541. The van der Waals surface area contributed by atoms with Gasteiger partial charge in [-0.3, -0.25) is 4.79 Å². The minimum absolute atomic E-state index is 0. The second-order valence-corrected chi connectivity index (χ2v) is 5.86. The molecule has 2 rings (SSSR count). The molecular weight excluding hydrogens is 354 g/mol. The lowest BCUT2D eigenvalue weighted by atomic mass is 10.0. The molecule has 0 bridgehead atoms. The predicted octanol–water partition coefficient (Wildman–Crippen LogP) is 2.77. The van der Waals surface area contributed by atoms with Crippen LogP contribution in [0.1, 0.15) is 24.8 Å². The molecule has 142 valence electrons. The van der Waals surface area contributed by atoms with E-state index >= 15 is 0 Å². The molecule has 1 aromatic carbocycles. The van der Waals surface area contributed by atoms with Crippen LogP contribution in [0.2, 0.25) is 0 Å². The molecule has 0 aliphatic carbocycles. The van der Waals surface area contributed by atoms with E-state index in [0.717, 1.165) is 31.5 Å². The van der Waals surface area contributed by atoms with Crippen molar-refractivity contribution in [2.24, 2.45) is 5.92 Å². The minimum atomic E-state index is -2.90. The molecule has 1 aliphatic heterocycles. The van der Waals surface area contributed by atoms with Gasteiger partial charge in [0.25, 0.3) is 0 Å².